The summed E-state index contributed by atoms with van der Waals surface area (Å²) in [6.45, 7) is 11.2. The van der Waals surface area contributed by atoms with E-state index in [9.17, 15) is 8.78 Å². The summed E-state index contributed by atoms with van der Waals surface area (Å²) in [6, 6.07) is 0. The standard InChI is InChI=1S/C17H32F2N2O/c1-15(2,20-10-6-14(12-20)22-5)7-8-16(3,4)21-11-9-17(18,19)13-21/h14H,6-13H2,1-5H3. The molecule has 2 aliphatic heterocycles. The van der Waals surface area contributed by atoms with Gasteiger partial charge in [-0.25, -0.2) is 8.78 Å². The van der Waals surface area contributed by atoms with Crippen LogP contribution in [0.4, 0.5) is 8.78 Å². The zero-order chi connectivity index (χ0) is 16.6. The van der Waals surface area contributed by atoms with Crippen LogP contribution < -0.4 is 0 Å². The lowest BCUT2D eigenvalue weighted by atomic mass is 9.87. The number of nitrogens with zero attached hydrogens (tertiary/aromatic N) is 2. The fourth-order valence-corrected chi connectivity index (χ4v) is 3.65. The maximum absolute atomic E-state index is 13.5. The summed E-state index contributed by atoms with van der Waals surface area (Å²) in [4.78, 5) is 4.45. The van der Waals surface area contributed by atoms with E-state index in [1.54, 1.807) is 7.11 Å². The molecule has 0 radical (unpaired) electrons. The summed E-state index contributed by atoms with van der Waals surface area (Å²) >= 11 is 0. The summed E-state index contributed by atoms with van der Waals surface area (Å²) < 4.78 is 32.4. The number of likely N-dealkylation sites (tertiary alicyclic amines) is 2. The number of rotatable bonds is 6. The van der Waals surface area contributed by atoms with Gasteiger partial charge in [0.05, 0.1) is 12.6 Å². The van der Waals surface area contributed by atoms with Gasteiger partial charge < -0.3 is 4.74 Å². The van der Waals surface area contributed by atoms with E-state index in [2.05, 4.69) is 32.6 Å². The summed E-state index contributed by atoms with van der Waals surface area (Å²) in [5.74, 6) is -2.51. The van der Waals surface area contributed by atoms with Gasteiger partial charge >= 0.3 is 0 Å². The van der Waals surface area contributed by atoms with Crippen LogP contribution in [0.5, 0.6) is 0 Å². The molecule has 2 fully saturated rings. The first-order chi connectivity index (χ1) is 10.1. The zero-order valence-electron chi connectivity index (χ0n) is 14.8. The molecule has 1 unspecified atom stereocenters. The summed E-state index contributed by atoms with van der Waals surface area (Å²) in [5.41, 5.74) is -0.0790. The van der Waals surface area contributed by atoms with E-state index >= 15 is 0 Å². The van der Waals surface area contributed by atoms with Crippen molar-refractivity contribution in [3.05, 3.63) is 0 Å². The molecule has 2 saturated heterocycles. The van der Waals surface area contributed by atoms with Crippen LogP contribution >= 0.6 is 0 Å². The van der Waals surface area contributed by atoms with Gasteiger partial charge in [0.25, 0.3) is 5.92 Å². The van der Waals surface area contributed by atoms with E-state index in [1.165, 1.54) is 0 Å². The van der Waals surface area contributed by atoms with E-state index < -0.39 is 5.92 Å². The lowest BCUT2D eigenvalue weighted by molar-refractivity contribution is -0.00398. The van der Waals surface area contributed by atoms with Crippen molar-refractivity contribution < 1.29 is 13.5 Å². The minimum atomic E-state index is -2.51. The highest BCUT2D eigenvalue weighted by molar-refractivity contribution is 4.95. The smallest absolute Gasteiger partial charge is 0.261 e. The average molecular weight is 318 g/mol. The average Bonchev–Trinajstić information content (AvgIpc) is 3.03. The maximum Gasteiger partial charge on any atom is 0.261 e. The molecule has 22 heavy (non-hydrogen) atoms. The molecule has 3 nitrogen and oxygen atoms in total. The molecule has 130 valence electrons. The molecule has 0 aromatic rings. The summed E-state index contributed by atoms with van der Waals surface area (Å²) in [6.07, 6.45) is 3.37. The van der Waals surface area contributed by atoms with Crippen LogP contribution in [-0.2, 0) is 4.74 Å². The van der Waals surface area contributed by atoms with Gasteiger partial charge in [-0.15, -0.1) is 0 Å². The van der Waals surface area contributed by atoms with Gasteiger partial charge in [0, 0.05) is 44.2 Å². The van der Waals surface area contributed by atoms with Crippen LogP contribution in [0.3, 0.4) is 0 Å². The van der Waals surface area contributed by atoms with E-state index in [1.807, 2.05) is 4.90 Å². The third-order valence-electron chi connectivity index (χ3n) is 5.71. The lowest BCUT2D eigenvalue weighted by Gasteiger charge is -2.41. The summed E-state index contributed by atoms with van der Waals surface area (Å²) in [7, 11) is 1.78. The van der Waals surface area contributed by atoms with Crippen LogP contribution in [0, 0.1) is 0 Å². The van der Waals surface area contributed by atoms with Crippen molar-refractivity contribution in [2.45, 2.75) is 76.5 Å². The Morgan fingerprint density at radius 2 is 1.64 bits per heavy atom. The van der Waals surface area contributed by atoms with Crippen LogP contribution in [-0.4, -0.2) is 66.2 Å². The molecular weight excluding hydrogens is 286 g/mol. The topological polar surface area (TPSA) is 15.7 Å². The fraction of sp³-hybridized carbons (Fsp3) is 1.00. The van der Waals surface area contributed by atoms with Gasteiger partial charge in [-0.3, -0.25) is 9.80 Å². The normalized spacial score (nSPS) is 27.7. The van der Waals surface area contributed by atoms with Crippen molar-refractivity contribution in [3.8, 4) is 0 Å². The molecule has 2 aliphatic rings. The Bertz CT molecular complexity index is 385. The van der Waals surface area contributed by atoms with E-state index in [0.29, 0.717) is 12.6 Å². The van der Waals surface area contributed by atoms with Crippen LogP contribution in [0.15, 0.2) is 0 Å². The van der Waals surface area contributed by atoms with Crippen molar-refractivity contribution >= 4 is 0 Å². The van der Waals surface area contributed by atoms with Gasteiger partial charge in [0.1, 0.15) is 0 Å². The third kappa shape index (κ3) is 4.18. The lowest BCUT2D eigenvalue weighted by Crippen LogP contribution is -2.48. The number of alkyl halides is 2. The number of halogens is 2. The molecule has 0 saturated carbocycles. The number of ether oxygens (including phenoxy) is 1. The van der Waals surface area contributed by atoms with E-state index in [-0.39, 0.29) is 24.0 Å². The largest absolute Gasteiger partial charge is 0.380 e. The second kappa shape index (κ2) is 6.33. The Kier molecular flexibility index (Phi) is 5.20. The zero-order valence-corrected chi connectivity index (χ0v) is 14.8. The molecule has 2 heterocycles. The summed E-state index contributed by atoms with van der Waals surface area (Å²) in [5, 5.41) is 0. The highest BCUT2D eigenvalue weighted by atomic mass is 19.3. The minimum absolute atomic E-state index is 0.00146. The maximum atomic E-state index is 13.5. The molecule has 0 N–H and O–H groups in total. The Hall–Kier alpha value is -0.260. The monoisotopic (exact) mass is 318 g/mol. The first kappa shape index (κ1) is 18.1. The van der Waals surface area contributed by atoms with Crippen LogP contribution in [0.2, 0.25) is 0 Å². The quantitative estimate of drug-likeness (QED) is 0.747. The van der Waals surface area contributed by atoms with Crippen molar-refractivity contribution in [1.82, 2.24) is 9.80 Å². The first-order valence-corrected chi connectivity index (χ1v) is 8.46. The van der Waals surface area contributed by atoms with Gasteiger partial charge in [0.2, 0.25) is 0 Å². The molecule has 5 heteroatoms. The second-order valence-corrected chi connectivity index (χ2v) is 8.24. The predicted molar refractivity (Wildman–Crippen MR) is 85.5 cm³/mol. The SMILES string of the molecule is COC1CCN(C(C)(C)CCC(C)(C)N2CCC(F)(F)C2)C1. The van der Waals surface area contributed by atoms with Gasteiger partial charge in [-0.05, 0) is 47.0 Å². The minimum Gasteiger partial charge on any atom is -0.380 e. The molecule has 0 amide bonds. The van der Waals surface area contributed by atoms with Gasteiger partial charge in [0.15, 0.2) is 0 Å². The first-order valence-electron chi connectivity index (χ1n) is 8.46. The fourth-order valence-electron chi connectivity index (χ4n) is 3.65. The van der Waals surface area contributed by atoms with Gasteiger partial charge in [-0.2, -0.15) is 0 Å². The van der Waals surface area contributed by atoms with Crippen LogP contribution in [0.1, 0.15) is 53.4 Å². The molecule has 0 aromatic heterocycles. The Labute approximate surface area is 134 Å². The number of methoxy groups -OCH3 is 1. The van der Waals surface area contributed by atoms with E-state index in [4.69, 9.17) is 4.74 Å². The Morgan fingerprint density at radius 1 is 1.05 bits per heavy atom. The Balaban J connectivity index is 1.88. The number of hydrogen-bond donors (Lipinski definition) is 0. The second-order valence-electron chi connectivity index (χ2n) is 8.24. The molecule has 0 aliphatic carbocycles. The molecule has 2 rings (SSSR count). The van der Waals surface area contributed by atoms with Crippen molar-refractivity contribution in [3.63, 3.8) is 0 Å². The van der Waals surface area contributed by atoms with Crippen molar-refractivity contribution in [2.24, 2.45) is 0 Å². The number of hydrogen-bond acceptors (Lipinski definition) is 3. The molecular formula is C17H32F2N2O. The Morgan fingerprint density at radius 3 is 2.09 bits per heavy atom. The third-order valence-corrected chi connectivity index (χ3v) is 5.71. The highest BCUT2D eigenvalue weighted by Gasteiger charge is 2.44. The molecule has 1 atom stereocenters. The van der Waals surface area contributed by atoms with Crippen molar-refractivity contribution in [2.75, 3.05) is 33.3 Å². The predicted octanol–water partition coefficient (Wildman–Crippen LogP) is 3.39. The highest BCUT2D eigenvalue weighted by Crippen LogP contribution is 2.36. The molecule has 0 spiro atoms. The molecule has 0 aromatic carbocycles. The molecule has 0 bridgehead atoms. The van der Waals surface area contributed by atoms with Crippen LogP contribution in [0.25, 0.3) is 0 Å². The van der Waals surface area contributed by atoms with Gasteiger partial charge in [-0.1, -0.05) is 0 Å². The van der Waals surface area contributed by atoms with Crippen molar-refractivity contribution in [1.29, 1.82) is 0 Å². The van der Waals surface area contributed by atoms with E-state index in [0.717, 1.165) is 32.4 Å².